The Morgan fingerprint density at radius 3 is 2.47 bits per heavy atom. The van der Waals surface area contributed by atoms with Gasteiger partial charge < -0.3 is 0 Å². The number of rotatable bonds is 4. The van der Waals surface area contributed by atoms with Crippen LogP contribution < -0.4 is 0 Å². The Labute approximate surface area is 109 Å². The maximum atomic E-state index is 12.0. The minimum Gasteiger partial charge on any atom is -0.254 e. The number of hydrogen-bond acceptors (Lipinski definition) is 1. The van der Waals surface area contributed by atoms with Crippen LogP contribution in [0.4, 0.5) is 0 Å². The van der Waals surface area contributed by atoms with E-state index in [1.54, 1.807) is 0 Å². The first kappa shape index (κ1) is 12.3. The molecule has 1 nitrogen and oxygen atoms in total. The first-order valence-corrected chi connectivity index (χ1v) is 7.13. The van der Waals surface area contributed by atoms with E-state index >= 15 is 0 Å². The van der Waals surface area contributed by atoms with Crippen molar-refractivity contribution < 1.29 is 4.21 Å². The van der Waals surface area contributed by atoms with E-state index in [-0.39, 0.29) is 0 Å². The minimum absolute atomic E-state index is 0.629. The van der Waals surface area contributed by atoms with Crippen molar-refractivity contribution in [1.82, 2.24) is 0 Å². The summed E-state index contributed by atoms with van der Waals surface area (Å²) in [5.74, 6) is 0.629. The molecule has 3 heteroatoms. The predicted molar refractivity (Wildman–Crippen MR) is 72.9 cm³/mol. The van der Waals surface area contributed by atoms with Crippen molar-refractivity contribution in [2.45, 2.75) is 11.3 Å². The number of halogens is 1. The lowest BCUT2D eigenvalue weighted by Gasteiger charge is -2.03. The fraction of sp³-hybridized carbons (Fsp3) is 0.143. The van der Waals surface area contributed by atoms with Gasteiger partial charge in [-0.2, -0.15) is 0 Å². The Morgan fingerprint density at radius 1 is 1.00 bits per heavy atom. The topological polar surface area (TPSA) is 17.1 Å². The summed E-state index contributed by atoms with van der Waals surface area (Å²) in [5.41, 5.74) is 1.13. The fourth-order valence-corrected chi connectivity index (χ4v) is 2.92. The quantitative estimate of drug-likeness (QED) is 0.823. The van der Waals surface area contributed by atoms with Crippen LogP contribution in [0.2, 0.25) is 5.02 Å². The van der Waals surface area contributed by atoms with Gasteiger partial charge in [0.25, 0.3) is 0 Å². The molecule has 0 radical (unpaired) electrons. The maximum Gasteiger partial charge on any atom is 0.0532 e. The third-order valence-corrected chi connectivity index (χ3v) is 4.08. The molecule has 0 aliphatic rings. The zero-order valence-corrected chi connectivity index (χ0v) is 10.9. The SMILES string of the molecule is O=S(CCc1cccc(Cl)c1)c1ccccc1. The van der Waals surface area contributed by atoms with E-state index < -0.39 is 10.8 Å². The van der Waals surface area contributed by atoms with Gasteiger partial charge in [0, 0.05) is 15.7 Å². The molecule has 2 aromatic carbocycles. The van der Waals surface area contributed by atoms with Crippen LogP contribution in [0.15, 0.2) is 59.5 Å². The van der Waals surface area contributed by atoms with E-state index in [1.807, 2.05) is 54.6 Å². The van der Waals surface area contributed by atoms with Gasteiger partial charge >= 0.3 is 0 Å². The molecule has 0 aliphatic heterocycles. The monoisotopic (exact) mass is 264 g/mol. The molecule has 1 unspecified atom stereocenters. The van der Waals surface area contributed by atoms with Gasteiger partial charge in [0.2, 0.25) is 0 Å². The van der Waals surface area contributed by atoms with Crippen molar-refractivity contribution in [1.29, 1.82) is 0 Å². The Morgan fingerprint density at radius 2 is 1.76 bits per heavy atom. The van der Waals surface area contributed by atoms with E-state index in [4.69, 9.17) is 11.6 Å². The van der Waals surface area contributed by atoms with E-state index in [1.165, 1.54) is 0 Å². The molecule has 0 fully saturated rings. The molecule has 0 aliphatic carbocycles. The first-order valence-electron chi connectivity index (χ1n) is 5.43. The zero-order valence-electron chi connectivity index (χ0n) is 9.30. The second-order valence-electron chi connectivity index (χ2n) is 3.74. The fourth-order valence-electron chi connectivity index (χ4n) is 1.59. The van der Waals surface area contributed by atoms with E-state index in [0.717, 1.165) is 21.9 Å². The van der Waals surface area contributed by atoms with Crippen molar-refractivity contribution in [2.75, 3.05) is 5.75 Å². The standard InChI is InChI=1S/C14H13ClOS/c15-13-6-4-5-12(11-13)9-10-17(16)14-7-2-1-3-8-14/h1-8,11H,9-10H2. The van der Waals surface area contributed by atoms with Crippen molar-refractivity contribution in [2.24, 2.45) is 0 Å². The zero-order chi connectivity index (χ0) is 12.1. The summed E-state index contributed by atoms with van der Waals surface area (Å²) in [5, 5.41) is 0.730. The molecule has 0 spiro atoms. The Balaban J connectivity index is 1.97. The Kier molecular flexibility index (Phi) is 4.35. The van der Waals surface area contributed by atoms with Crippen LogP contribution in [0.3, 0.4) is 0 Å². The largest absolute Gasteiger partial charge is 0.254 e. The molecule has 1 atom stereocenters. The van der Waals surface area contributed by atoms with E-state index in [0.29, 0.717) is 5.75 Å². The number of aryl methyl sites for hydroxylation is 1. The van der Waals surface area contributed by atoms with Gasteiger partial charge in [-0.05, 0) is 36.2 Å². The van der Waals surface area contributed by atoms with Crippen LogP contribution in [-0.2, 0) is 17.2 Å². The Bertz CT molecular complexity index is 511. The molecule has 0 bridgehead atoms. The summed E-state index contributed by atoms with van der Waals surface area (Å²) < 4.78 is 12.0. The van der Waals surface area contributed by atoms with Crippen LogP contribution >= 0.6 is 11.6 Å². The summed E-state index contributed by atoms with van der Waals surface area (Å²) in [6.45, 7) is 0. The van der Waals surface area contributed by atoms with Gasteiger partial charge in [-0.3, -0.25) is 4.21 Å². The van der Waals surface area contributed by atoms with Gasteiger partial charge in [-0.25, -0.2) is 0 Å². The van der Waals surface area contributed by atoms with Gasteiger partial charge in [-0.1, -0.05) is 41.9 Å². The second-order valence-corrected chi connectivity index (χ2v) is 5.75. The summed E-state index contributed by atoms with van der Waals surface area (Å²) >= 11 is 5.90. The number of hydrogen-bond donors (Lipinski definition) is 0. The van der Waals surface area contributed by atoms with Gasteiger partial charge in [0.05, 0.1) is 10.8 Å². The summed E-state index contributed by atoms with van der Waals surface area (Å²) in [4.78, 5) is 0.884. The third kappa shape index (κ3) is 3.69. The lowest BCUT2D eigenvalue weighted by molar-refractivity contribution is 0.682. The second kappa shape index (κ2) is 5.99. The van der Waals surface area contributed by atoms with Crippen molar-refractivity contribution >= 4 is 22.4 Å². The van der Waals surface area contributed by atoms with E-state index in [9.17, 15) is 4.21 Å². The smallest absolute Gasteiger partial charge is 0.0532 e. The molecule has 0 saturated carbocycles. The maximum absolute atomic E-state index is 12.0. The highest BCUT2D eigenvalue weighted by Gasteiger charge is 2.03. The van der Waals surface area contributed by atoms with Crippen molar-refractivity contribution in [3.05, 3.63) is 65.2 Å². The van der Waals surface area contributed by atoms with Crippen LogP contribution in [-0.4, -0.2) is 9.96 Å². The highest BCUT2D eigenvalue weighted by atomic mass is 35.5. The molecule has 17 heavy (non-hydrogen) atoms. The molecule has 88 valence electrons. The van der Waals surface area contributed by atoms with Crippen LogP contribution in [0.25, 0.3) is 0 Å². The summed E-state index contributed by atoms with van der Waals surface area (Å²) in [7, 11) is -0.934. The predicted octanol–water partition coefficient (Wildman–Crippen LogP) is 3.69. The summed E-state index contributed by atoms with van der Waals surface area (Å²) in [6, 6.07) is 17.2. The lowest BCUT2D eigenvalue weighted by atomic mass is 10.2. The van der Waals surface area contributed by atoms with Gasteiger partial charge in [-0.15, -0.1) is 0 Å². The normalized spacial score (nSPS) is 12.3. The van der Waals surface area contributed by atoms with Crippen molar-refractivity contribution in [3.63, 3.8) is 0 Å². The summed E-state index contributed by atoms with van der Waals surface area (Å²) in [6.07, 6.45) is 0.780. The molecular weight excluding hydrogens is 252 g/mol. The minimum atomic E-state index is -0.934. The number of benzene rings is 2. The molecule has 2 rings (SSSR count). The molecule has 0 aromatic heterocycles. The lowest BCUT2D eigenvalue weighted by Crippen LogP contribution is -2.01. The van der Waals surface area contributed by atoms with E-state index in [2.05, 4.69) is 0 Å². The molecule has 2 aromatic rings. The molecule has 0 saturated heterocycles. The van der Waals surface area contributed by atoms with Gasteiger partial charge in [0.1, 0.15) is 0 Å². The van der Waals surface area contributed by atoms with Crippen LogP contribution in [0.1, 0.15) is 5.56 Å². The van der Waals surface area contributed by atoms with Crippen LogP contribution in [0, 0.1) is 0 Å². The molecule has 0 heterocycles. The third-order valence-electron chi connectivity index (χ3n) is 2.47. The Hall–Kier alpha value is -1.12. The van der Waals surface area contributed by atoms with Gasteiger partial charge in [0.15, 0.2) is 0 Å². The highest BCUT2D eigenvalue weighted by molar-refractivity contribution is 7.85. The molecule has 0 amide bonds. The first-order chi connectivity index (χ1) is 8.25. The average Bonchev–Trinajstić information content (AvgIpc) is 2.37. The molecular formula is C14H13ClOS. The highest BCUT2D eigenvalue weighted by Crippen LogP contribution is 2.13. The van der Waals surface area contributed by atoms with Crippen LogP contribution in [0.5, 0.6) is 0 Å². The molecule has 0 N–H and O–H groups in total. The average molecular weight is 265 g/mol. The van der Waals surface area contributed by atoms with Crippen molar-refractivity contribution in [3.8, 4) is 0 Å².